The van der Waals surface area contributed by atoms with Gasteiger partial charge in [0, 0.05) is 4.90 Å². The van der Waals surface area contributed by atoms with Crippen molar-refractivity contribution in [3.8, 4) is 5.75 Å². The quantitative estimate of drug-likeness (QED) is 0.681. The van der Waals surface area contributed by atoms with Crippen molar-refractivity contribution in [3.63, 3.8) is 0 Å². The molecule has 72 valence electrons. The van der Waals surface area contributed by atoms with Gasteiger partial charge in [0.1, 0.15) is 5.75 Å². The molecule has 0 fully saturated rings. The highest BCUT2D eigenvalue weighted by Crippen LogP contribution is 2.23. The SMILES string of the molecule is CCSc1cccc(OC(C)C)c1. The number of hydrogen-bond donors (Lipinski definition) is 0. The van der Waals surface area contributed by atoms with E-state index in [1.165, 1.54) is 4.90 Å². The fourth-order valence-electron chi connectivity index (χ4n) is 1.08. The van der Waals surface area contributed by atoms with E-state index in [0.29, 0.717) is 0 Å². The summed E-state index contributed by atoms with van der Waals surface area (Å²) in [5, 5.41) is 0. The molecule has 0 amide bonds. The van der Waals surface area contributed by atoms with Gasteiger partial charge in [-0.3, -0.25) is 0 Å². The molecule has 1 aromatic rings. The van der Waals surface area contributed by atoms with Crippen molar-refractivity contribution < 1.29 is 4.74 Å². The molecule has 0 aliphatic carbocycles. The molecule has 1 aromatic carbocycles. The number of ether oxygens (including phenoxy) is 1. The van der Waals surface area contributed by atoms with E-state index in [4.69, 9.17) is 4.74 Å². The van der Waals surface area contributed by atoms with E-state index in [1.807, 2.05) is 37.7 Å². The summed E-state index contributed by atoms with van der Waals surface area (Å²) in [6.45, 7) is 6.24. The van der Waals surface area contributed by atoms with Crippen LogP contribution in [0.2, 0.25) is 0 Å². The summed E-state index contributed by atoms with van der Waals surface area (Å²) in [6, 6.07) is 8.24. The molecule has 0 aliphatic rings. The zero-order valence-electron chi connectivity index (χ0n) is 8.41. The van der Waals surface area contributed by atoms with Crippen LogP contribution in [-0.2, 0) is 0 Å². The van der Waals surface area contributed by atoms with Crippen molar-refractivity contribution >= 4 is 11.8 Å². The van der Waals surface area contributed by atoms with Crippen molar-refractivity contribution in [2.75, 3.05) is 5.75 Å². The lowest BCUT2D eigenvalue weighted by atomic mass is 10.3. The molecule has 0 unspecified atom stereocenters. The zero-order chi connectivity index (χ0) is 9.68. The molecular formula is C11H16OS. The topological polar surface area (TPSA) is 9.23 Å². The van der Waals surface area contributed by atoms with E-state index in [1.54, 1.807) is 0 Å². The highest BCUT2D eigenvalue weighted by Gasteiger charge is 1.98. The molecule has 0 heterocycles. The molecule has 0 saturated heterocycles. The van der Waals surface area contributed by atoms with Gasteiger partial charge in [-0.1, -0.05) is 13.0 Å². The zero-order valence-corrected chi connectivity index (χ0v) is 9.23. The van der Waals surface area contributed by atoms with Crippen LogP contribution in [0.3, 0.4) is 0 Å². The summed E-state index contributed by atoms with van der Waals surface area (Å²) in [5.41, 5.74) is 0. The number of benzene rings is 1. The van der Waals surface area contributed by atoms with Gasteiger partial charge in [-0.05, 0) is 37.8 Å². The van der Waals surface area contributed by atoms with E-state index in [0.717, 1.165) is 11.5 Å². The van der Waals surface area contributed by atoms with E-state index in [9.17, 15) is 0 Å². The molecule has 1 rings (SSSR count). The van der Waals surface area contributed by atoms with Crippen molar-refractivity contribution in [1.29, 1.82) is 0 Å². The lowest BCUT2D eigenvalue weighted by Crippen LogP contribution is -2.05. The van der Waals surface area contributed by atoms with Gasteiger partial charge in [-0.25, -0.2) is 0 Å². The first-order valence-corrected chi connectivity index (χ1v) is 5.60. The molecule has 0 spiro atoms. The Bertz CT molecular complexity index is 258. The third-order valence-electron chi connectivity index (χ3n) is 1.49. The molecule has 0 saturated carbocycles. The van der Waals surface area contributed by atoms with Crippen molar-refractivity contribution in [1.82, 2.24) is 0 Å². The van der Waals surface area contributed by atoms with Crippen LogP contribution in [0.1, 0.15) is 20.8 Å². The second kappa shape index (κ2) is 5.18. The maximum atomic E-state index is 5.59. The molecule has 0 aromatic heterocycles. The molecule has 13 heavy (non-hydrogen) atoms. The Balaban J connectivity index is 2.67. The Labute approximate surface area is 84.5 Å². The minimum Gasteiger partial charge on any atom is -0.491 e. The second-order valence-electron chi connectivity index (χ2n) is 3.07. The van der Waals surface area contributed by atoms with Gasteiger partial charge in [0.05, 0.1) is 6.10 Å². The minimum absolute atomic E-state index is 0.252. The molecule has 0 bridgehead atoms. The van der Waals surface area contributed by atoms with E-state index >= 15 is 0 Å². The second-order valence-corrected chi connectivity index (χ2v) is 4.41. The molecule has 1 nitrogen and oxygen atoms in total. The molecule has 2 heteroatoms. The Morgan fingerprint density at radius 1 is 1.38 bits per heavy atom. The fourth-order valence-corrected chi connectivity index (χ4v) is 1.78. The molecule has 0 N–H and O–H groups in total. The molecule has 0 atom stereocenters. The predicted molar refractivity (Wildman–Crippen MR) is 58.6 cm³/mol. The highest BCUT2D eigenvalue weighted by atomic mass is 32.2. The van der Waals surface area contributed by atoms with Crippen LogP contribution in [0.4, 0.5) is 0 Å². The Kier molecular flexibility index (Phi) is 4.16. The molecular weight excluding hydrogens is 180 g/mol. The largest absolute Gasteiger partial charge is 0.491 e. The molecule has 0 aliphatic heterocycles. The van der Waals surface area contributed by atoms with E-state index in [-0.39, 0.29) is 6.10 Å². The Morgan fingerprint density at radius 3 is 2.77 bits per heavy atom. The van der Waals surface area contributed by atoms with Gasteiger partial charge in [-0.15, -0.1) is 11.8 Å². The van der Waals surface area contributed by atoms with Crippen LogP contribution >= 0.6 is 11.8 Å². The van der Waals surface area contributed by atoms with Crippen molar-refractivity contribution in [2.45, 2.75) is 31.8 Å². The maximum absolute atomic E-state index is 5.59. The Morgan fingerprint density at radius 2 is 2.15 bits per heavy atom. The third-order valence-corrected chi connectivity index (χ3v) is 2.36. The number of rotatable bonds is 4. The Hall–Kier alpha value is -0.630. The average Bonchev–Trinajstić information content (AvgIpc) is 2.04. The number of hydrogen-bond acceptors (Lipinski definition) is 2. The van der Waals surface area contributed by atoms with Crippen LogP contribution in [0, 0.1) is 0 Å². The average molecular weight is 196 g/mol. The monoisotopic (exact) mass is 196 g/mol. The summed E-state index contributed by atoms with van der Waals surface area (Å²) in [4.78, 5) is 1.28. The highest BCUT2D eigenvalue weighted by molar-refractivity contribution is 7.99. The molecule has 0 radical (unpaired) electrons. The first kappa shape index (κ1) is 10.5. The standard InChI is InChI=1S/C11H16OS/c1-4-13-11-7-5-6-10(8-11)12-9(2)3/h5-9H,4H2,1-3H3. The third kappa shape index (κ3) is 3.73. The summed E-state index contributed by atoms with van der Waals surface area (Å²) in [5.74, 6) is 2.07. The van der Waals surface area contributed by atoms with E-state index in [2.05, 4.69) is 19.1 Å². The van der Waals surface area contributed by atoms with Crippen molar-refractivity contribution in [2.24, 2.45) is 0 Å². The first-order valence-electron chi connectivity index (χ1n) is 4.62. The number of thioether (sulfide) groups is 1. The summed E-state index contributed by atoms with van der Waals surface area (Å²) >= 11 is 1.84. The maximum Gasteiger partial charge on any atom is 0.120 e. The fraction of sp³-hybridized carbons (Fsp3) is 0.455. The normalized spacial score (nSPS) is 10.5. The van der Waals surface area contributed by atoms with E-state index < -0.39 is 0 Å². The van der Waals surface area contributed by atoms with Gasteiger partial charge in [0.15, 0.2) is 0 Å². The predicted octanol–water partition coefficient (Wildman–Crippen LogP) is 3.59. The lowest BCUT2D eigenvalue weighted by molar-refractivity contribution is 0.242. The van der Waals surface area contributed by atoms with Crippen LogP contribution in [0.25, 0.3) is 0 Å². The van der Waals surface area contributed by atoms with Crippen LogP contribution in [0.5, 0.6) is 5.75 Å². The summed E-state index contributed by atoms with van der Waals surface area (Å²) < 4.78 is 5.59. The van der Waals surface area contributed by atoms with Gasteiger partial charge < -0.3 is 4.74 Å². The summed E-state index contributed by atoms with van der Waals surface area (Å²) in [6.07, 6.45) is 0.252. The van der Waals surface area contributed by atoms with Gasteiger partial charge >= 0.3 is 0 Å². The minimum atomic E-state index is 0.252. The van der Waals surface area contributed by atoms with Crippen molar-refractivity contribution in [3.05, 3.63) is 24.3 Å². The van der Waals surface area contributed by atoms with Crippen LogP contribution < -0.4 is 4.74 Å². The van der Waals surface area contributed by atoms with Gasteiger partial charge in [0.2, 0.25) is 0 Å². The smallest absolute Gasteiger partial charge is 0.120 e. The first-order chi connectivity index (χ1) is 6.22. The van der Waals surface area contributed by atoms with Crippen LogP contribution in [-0.4, -0.2) is 11.9 Å². The van der Waals surface area contributed by atoms with Crippen LogP contribution in [0.15, 0.2) is 29.2 Å². The van der Waals surface area contributed by atoms with Gasteiger partial charge in [0.25, 0.3) is 0 Å². The lowest BCUT2D eigenvalue weighted by Gasteiger charge is -2.10. The summed E-state index contributed by atoms with van der Waals surface area (Å²) in [7, 11) is 0. The van der Waals surface area contributed by atoms with Gasteiger partial charge in [-0.2, -0.15) is 0 Å².